The Labute approximate surface area is 137 Å². The Morgan fingerprint density at radius 2 is 1.91 bits per heavy atom. The molecule has 1 aliphatic rings. The number of amides is 1. The lowest BCUT2D eigenvalue weighted by Gasteiger charge is -2.31. The number of rotatable bonds is 6. The summed E-state index contributed by atoms with van der Waals surface area (Å²) in [6, 6.07) is 8.17. The highest BCUT2D eigenvalue weighted by atomic mass is 32.2. The average Bonchev–Trinajstić information content (AvgIpc) is 2.56. The predicted octanol–water partition coefficient (Wildman–Crippen LogP) is 0.974. The molecule has 1 aromatic rings. The lowest BCUT2D eigenvalue weighted by atomic mass is 9.94. The SMILES string of the molecule is CC(CO)NC(=O)CC1CCN(S(=O)(=O)c2ccccc2)CC1. The molecule has 2 N–H and O–H groups in total. The third kappa shape index (κ3) is 4.76. The van der Waals surface area contributed by atoms with Gasteiger partial charge in [-0.1, -0.05) is 18.2 Å². The Balaban J connectivity index is 1.88. The van der Waals surface area contributed by atoms with E-state index in [1.807, 2.05) is 0 Å². The van der Waals surface area contributed by atoms with Crippen LogP contribution < -0.4 is 5.32 Å². The Hall–Kier alpha value is -1.44. The van der Waals surface area contributed by atoms with Gasteiger partial charge in [-0.15, -0.1) is 0 Å². The van der Waals surface area contributed by atoms with Crippen LogP contribution in [0.3, 0.4) is 0 Å². The fraction of sp³-hybridized carbons (Fsp3) is 0.562. The van der Waals surface area contributed by atoms with Gasteiger partial charge in [0, 0.05) is 25.6 Å². The van der Waals surface area contributed by atoms with Crippen molar-refractivity contribution in [2.24, 2.45) is 5.92 Å². The number of aliphatic hydroxyl groups is 1. The number of hydrogen-bond acceptors (Lipinski definition) is 4. The van der Waals surface area contributed by atoms with E-state index in [0.29, 0.717) is 37.2 Å². The number of sulfonamides is 1. The van der Waals surface area contributed by atoms with Gasteiger partial charge >= 0.3 is 0 Å². The van der Waals surface area contributed by atoms with Gasteiger partial charge in [-0.05, 0) is 37.8 Å². The molecule has 7 heteroatoms. The summed E-state index contributed by atoms with van der Waals surface area (Å²) in [5.41, 5.74) is 0. The van der Waals surface area contributed by atoms with Gasteiger partial charge in [0.15, 0.2) is 0 Å². The topological polar surface area (TPSA) is 86.7 Å². The van der Waals surface area contributed by atoms with Gasteiger partial charge in [0.1, 0.15) is 0 Å². The van der Waals surface area contributed by atoms with Crippen molar-refractivity contribution in [1.82, 2.24) is 9.62 Å². The Morgan fingerprint density at radius 1 is 1.30 bits per heavy atom. The molecule has 0 saturated carbocycles. The first-order valence-electron chi connectivity index (χ1n) is 7.89. The maximum atomic E-state index is 12.5. The fourth-order valence-electron chi connectivity index (χ4n) is 2.74. The first kappa shape index (κ1) is 17.9. The number of piperidine rings is 1. The quantitative estimate of drug-likeness (QED) is 0.808. The van der Waals surface area contributed by atoms with Crippen molar-refractivity contribution in [2.45, 2.75) is 37.1 Å². The largest absolute Gasteiger partial charge is 0.394 e. The van der Waals surface area contributed by atoms with E-state index >= 15 is 0 Å². The first-order chi connectivity index (χ1) is 10.9. The Morgan fingerprint density at radius 3 is 2.48 bits per heavy atom. The Bertz CT molecular complexity index is 610. The van der Waals surface area contributed by atoms with Crippen LogP contribution in [0.15, 0.2) is 35.2 Å². The van der Waals surface area contributed by atoms with Crippen molar-refractivity contribution in [3.63, 3.8) is 0 Å². The van der Waals surface area contributed by atoms with Crippen molar-refractivity contribution < 1.29 is 18.3 Å². The lowest BCUT2D eigenvalue weighted by Crippen LogP contribution is -2.41. The van der Waals surface area contributed by atoms with Crippen molar-refractivity contribution in [1.29, 1.82) is 0 Å². The van der Waals surface area contributed by atoms with Crippen molar-refractivity contribution >= 4 is 15.9 Å². The van der Waals surface area contributed by atoms with Gasteiger partial charge < -0.3 is 10.4 Å². The number of benzene rings is 1. The molecule has 0 bridgehead atoms. The zero-order valence-electron chi connectivity index (χ0n) is 13.3. The number of nitrogens with zero attached hydrogens (tertiary/aromatic N) is 1. The second-order valence-corrected chi connectivity index (χ2v) is 7.95. The summed E-state index contributed by atoms with van der Waals surface area (Å²) < 4.78 is 26.5. The molecule has 1 saturated heterocycles. The third-order valence-electron chi connectivity index (χ3n) is 4.11. The highest BCUT2D eigenvalue weighted by Crippen LogP contribution is 2.25. The minimum absolute atomic E-state index is 0.0838. The molecule has 1 atom stereocenters. The van der Waals surface area contributed by atoms with Crippen LogP contribution in [0.2, 0.25) is 0 Å². The summed E-state index contributed by atoms with van der Waals surface area (Å²) in [6.45, 7) is 2.53. The zero-order chi connectivity index (χ0) is 16.9. The van der Waals surface area contributed by atoms with Gasteiger partial charge in [0.25, 0.3) is 0 Å². The Kier molecular flexibility index (Phi) is 6.15. The number of aliphatic hydroxyl groups excluding tert-OH is 1. The van der Waals surface area contributed by atoms with Crippen LogP contribution in [-0.4, -0.2) is 49.5 Å². The van der Waals surface area contributed by atoms with E-state index in [-0.39, 0.29) is 24.5 Å². The number of carbonyl (C=O) groups excluding carboxylic acids is 1. The molecule has 1 heterocycles. The maximum absolute atomic E-state index is 12.5. The van der Waals surface area contributed by atoms with E-state index < -0.39 is 10.0 Å². The van der Waals surface area contributed by atoms with Crippen LogP contribution in [0, 0.1) is 5.92 Å². The molecular formula is C16H24N2O4S. The highest BCUT2D eigenvalue weighted by molar-refractivity contribution is 7.89. The van der Waals surface area contributed by atoms with Gasteiger partial charge in [0.05, 0.1) is 11.5 Å². The third-order valence-corrected chi connectivity index (χ3v) is 6.02. The fourth-order valence-corrected chi connectivity index (χ4v) is 4.23. The average molecular weight is 340 g/mol. The minimum atomic E-state index is -3.44. The molecule has 0 aliphatic carbocycles. The highest BCUT2D eigenvalue weighted by Gasteiger charge is 2.30. The van der Waals surface area contributed by atoms with Crippen molar-refractivity contribution in [3.05, 3.63) is 30.3 Å². The molecule has 1 aromatic carbocycles. The van der Waals surface area contributed by atoms with E-state index in [0.717, 1.165) is 0 Å². The smallest absolute Gasteiger partial charge is 0.243 e. The van der Waals surface area contributed by atoms with E-state index in [4.69, 9.17) is 5.11 Å². The van der Waals surface area contributed by atoms with Crippen LogP contribution in [0.4, 0.5) is 0 Å². The predicted molar refractivity (Wildman–Crippen MR) is 87.2 cm³/mol. The van der Waals surface area contributed by atoms with Gasteiger partial charge in [-0.3, -0.25) is 4.79 Å². The second-order valence-electron chi connectivity index (χ2n) is 6.02. The van der Waals surface area contributed by atoms with E-state index in [1.165, 1.54) is 4.31 Å². The summed E-state index contributed by atoms with van der Waals surface area (Å²) in [4.78, 5) is 12.1. The normalized spacial score (nSPS) is 18.5. The van der Waals surface area contributed by atoms with Gasteiger partial charge in [-0.25, -0.2) is 8.42 Å². The van der Waals surface area contributed by atoms with Crippen LogP contribution in [-0.2, 0) is 14.8 Å². The molecular weight excluding hydrogens is 316 g/mol. The van der Waals surface area contributed by atoms with Crippen LogP contribution in [0.5, 0.6) is 0 Å². The van der Waals surface area contributed by atoms with E-state index in [9.17, 15) is 13.2 Å². The molecule has 0 radical (unpaired) electrons. The molecule has 1 amide bonds. The molecule has 1 fully saturated rings. The number of carbonyl (C=O) groups is 1. The molecule has 2 rings (SSSR count). The molecule has 23 heavy (non-hydrogen) atoms. The second kappa shape index (κ2) is 7.90. The van der Waals surface area contributed by atoms with Crippen molar-refractivity contribution in [3.8, 4) is 0 Å². The molecule has 128 valence electrons. The maximum Gasteiger partial charge on any atom is 0.243 e. The minimum Gasteiger partial charge on any atom is -0.394 e. The molecule has 6 nitrogen and oxygen atoms in total. The number of hydrogen-bond donors (Lipinski definition) is 2. The molecule has 1 aliphatic heterocycles. The van der Waals surface area contributed by atoms with Gasteiger partial charge in [0.2, 0.25) is 15.9 Å². The monoisotopic (exact) mass is 340 g/mol. The van der Waals surface area contributed by atoms with Crippen LogP contribution in [0.25, 0.3) is 0 Å². The zero-order valence-corrected chi connectivity index (χ0v) is 14.1. The summed E-state index contributed by atoms with van der Waals surface area (Å²) in [5, 5.41) is 11.7. The number of nitrogens with one attached hydrogen (secondary N) is 1. The molecule has 0 spiro atoms. The summed E-state index contributed by atoms with van der Waals surface area (Å²) in [6.07, 6.45) is 1.73. The summed E-state index contributed by atoms with van der Waals surface area (Å²) in [7, 11) is -3.44. The molecule has 0 aromatic heterocycles. The molecule has 1 unspecified atom stereocenters. The standard InChI is InChI=1S/C16H24N2O4S/c1-13(12-19)17-16(20)11-14-7-9-18(10-8-14)23(21,22)15-5-3-2-4-6-15/h2-6,13-14,19H,7-12H2,1H3,(H,17,20). The van der Waals surface area contributed by atoms with Crippen LogP contribution in [0.1, 0.15) is 26.2 Å². The van der Waals surface area contributed by atoms with E-state index in [1.54, 1.807) is 37.3 Å². The van der Waals surface area contributed by atoms with E-state index in [2.05, 4.69) is 5.32 Å². The summed E-state index contributed by atoms with van der Waals surface area (Å²) >= 11 is 0. The van der Waals surface area contributed by atoms with Crippen LogP contribution >= 0.6 is 0 Å². The summed E-state index contributed by atoms with van der Waals surface area (Å²) in [5.74, 6) is 0.0963. The van der Waals surface area contributed by atoms with Gasteiger partial charge in [-0.2, -0.15) is 4.31 Å². The lowest BCUT2D eigenvalue weighted by molar-refractivity contribution is -0.123. The van der Waals surface area contributed by atoms with Crippen molar-refractivity contribution in [2.75, 3.05) is 19.7 Å². The first-order valence-corrected chi connectivity index (χ1v) is 9.33.